The molecule has 1 aromatic rings. The second-order valence-electron chi connectivity index (χ2n) is 4.85. The van der Waals surface area contributed by atoms with E-state index in [0.29, 0.717) is 0 Å². The van der Waals surface area contributed by atoms with Crippen molar-refractivity contribution in [2.75, 3.05) is 0 Å². The maximum absolute atomic E-state index is 12.2. The van der Waals surface area contributed by atoms with Crippen LogP contribution in [-0.2, 0) is 24.3 Å². The van der Waals surface area contributed by atoms with Gasteiger partial charge < -0.3 is 10.5 Å². The standard InChI is InChI=1S/C13H15Cl2N3O6S/c1-6(12(20)24-7(2)11(19)17-13(16)21)18-25(22,23)8-3-4-9(14)10(15)5-8/h3-7,18H,1-2H3,(H3,16,17,19,21)/t6-,7-/m0/s1. The molecule has 1 rings (SSSR count). The third-order valence-corrected chi connectivity index (χ3v) is 5.07. The monoisotopic (exact) mass is 411 g/mol. The van der Waals surface area contributed by atoms with Crippen LogP contribution in [0.25, 0.3) is 0 Å². The second-order valence-corrected chi connectivity index (χ2v) is 7.38. The number of ether oxygens (including phenoxy) is 1. The van der Waals surface area contributed by atoms with Crippen molar-refractivity contribution < 1.29 is 27.5 Å². The number of sulfonamides is 1. The summed E-state index contributed by atoms with van der Waals surface area (Å²) in [5.74, 6) is -1.98. The number of halogens is 2. The first-order valence-corrected chi connectivity index (χ1v) is 8.96. The molecule has 4 N–H and O–H groups in total. The molecule has 138 valence electrons. The fourth-order valence-corrected chi connectivity index (χ4v) is 3.13. The smallest absolute Gasteiger partial charge is 0.324 e. The summed E-state index contributed by atoms with van der Waals surface area (Å²) in [7, 11) is -4.09. The van der Waals surface area contributed by atoms with E-state index in [4.69, 9.17) is 33.7 Å². The van der Waals surface area contributed by atoms with Crippen LogP contribution in [0.2, 0.25) is 10.0 Å². The summed E-state index contributed by atoms with van der Waals surface area (Å²) in [6.45, 7) is 2.41. The molecule has 0 aromatic heterocycles. The highest BCUT2D eigenvalue weighted by atomic mass is 35.5. The molecule has 0 aliphatic heterocycles. The number of nitrogens with one attached hydrogen (secondary N) is 2. The number of benzene rings is 1. The van der Waals surface area contributed by atoms with Crippen LogP contribution >= 0.6 is 23.2 Å². The van der Waals surface area contributed by atoms with Crippen molar-refractivity contribution in [2.24, 2.45) is 5.73 Å². The molecule has 0 radical (unpaired) electrons. The number of urea groups is 1. The Morgan fingerprint density at radius 3 is 2.28 bits per heavy atom. The van der Waals surface area contributed by atoms with Crippen molar-refractivity contribution in [1.29, 1.82) is 0 Å². The Labute approximate surface area is 153 Å². The number of hydrogen-bond acceptors (Lipinski definition) is 6. The van der Waals surface area contributed by atoms with E-state index in [-0.39, 0.29) is 14.9 Å². The highest BCUT2D eigenvalue weighted by Crippen LogP contribution is 2.24. The third kappa shape index (κ3) is 6.16. The molecule has 0 fully saturated rings. The van der Waals surface area contributed by atoms with Gasteiger partial charge >= 0.3 is 12.0 Å². The molecule has 0 aliphatic rings. The lowest BCUT2D eigenvalue weighted by Gasteiger charge is -2.17. The van der Waals surface area contributed by atoms with Gasteiger partial charge in [0.1, 0.15) is 6.04 Å². The van der Waals surface area contributed by atoms with Gasteiger partial charge in [0.25, 0.3) is 5.91 Å². The molecule has 0 spiro atoms. The first-order valence-electron chi connectivity index (χ1n) is 6.72. The van der Waals surface area contributed by atoms with E-state index in [1.165, 1.54) is 26.0 Å². The number of hydrogen-bond donors (Lipinski definition) is 3. The van der Waals surface area contributed by atoms with Gasteiger partial charge in [0.05, 0.1) is 14.9 Å². The SMILES string of the molecule is C[C@H](NS(=O)(=O)c1ccc(Cl)c(Cl)c1)C(=O)O[C@@H](C)C(=O)NC(N)=O. The average Bonchev–Trinajstić information content (AvgIpc) is 2.48. The van der Waals surface area contributed by atoms with Gasteiger partial charge in [0.15, 0.2) is 6.10 Å². The van der Waals surface area contributed by atoms with E-state index in [1.54, 1.807) is 5.32 Å². The van der Waals surface area contributed by atoms with Crippen LogP contribution in [-0.4, -0.2) is 38.5 Å². The summed E-state index contributed by atoms with van der Waals surface area (Å²) >= 11 is 11.5. The maximum atomic E-state index is 12.2. The predicted octanol–water partition coefficient (Wildman–Crippen LogP) is 0.787. The first kappa shape index (κ1) is 21.2. The zero-order valence-corrected chi connectivity index (χ0v) is 15.4. The van der Waals surface area contributed by atoms with Crippen LogP contribution in [0.5, 0.6) is 0 Å². The van der Waals surface area contributed by atoms with Gasteiger partial charge in [-0.25, -0.2) is 13.2 Å². The Hall–Kier alpha value is -1.88. The molecule has 9 nitrogen and oxygen atoms in total. The van der Waals surface area contributed by atoms with Crippen LogP contribution in [0, 0.1) is 0 Å². The molecule has 12 heteroatoms. The summed E-state index contributed by atoms with van der Waals surface area (Å²) in [6.07, 6.45) is -1.35. The molecule has 0 bridgehead atoms. The van der Waals surface area contributed by atoms with Gasteiger partial charge in [-0.2, -0.15) is 4.72 Å². The molecule has 2 atom stereocenters. The zero-order valence-electron chi connectivity index (χ0n) is 13.1. The molecular weight excluding hydrogens is 397 g/mol. The van der Waals surface area contributed by atoms with Crippen molar-refractivity contribution >= 4 is 51.1 Å². The highest BCUT2D eigenvalue weighted by molar-refractivity contribution is 7.89. The number of primary amides is 1. The summed E-state index contributed by atoms with van der Waals surface area (Å²) < 4.78 is 31.3. The van der Waals surface area contributed by atoms with Crippen molar-refractivity contribution in [3.05, 3.63) is 28.2 Å². The first-order chi connectivity index (χ1) is 11.4. The number of imide groups is 1. The zero-order chi connectivity index (χ0) is 19.4. The van der Waals surface area contributed by atoms with Gasteiger partial charge in [0, 0.05) is 0 Å². The number of esters is 1. The van der Waals surface area contributed by atoms with E-state index in [1.807, 2.05) is 0 Å². The third-order valence-electron chi connectivity index (χ3n) is 2.80. The van der Waals surface area contributed by atoms with Gasteiger partial charge in [-0.05, 0) is 32.0 Å². The largest absolute Gasteiger partial charge is 0.451 e. The number of nitrogens with two attached hydrogens (primary N) is 1. The Bertz CT molecular complexity index is 799. The van der Waals surface area contributed by atoms with Crippen LogP contribution < -0.4 is 15.8 Å². The van der Waals surface area contributed by atoms with E-state index < -0.39 is 40.1 Å². The van der Waals surface area contributed by atoms with Crippen LogP contribution in [0.15, 0.2) is 23.1 Å². The molecular formula is C13H15Cl2N3O6S. The van der Waals surface area contributed by atoms with E-state index in [2.05, 4.69) is 4.72 Å². The summed E-state index contributed by atoms with van der Waals surface area (Å²) in [6, 6.07) is 1.19. The lowest BCUT2D eigenvalue weighted by molar-refractivity contribution is -0.155. The minimum atomic E-state index is -4.09. The predicted molar refractivity (Wildman–Crippen MR) is 89.5 cm³/mol. The molecule has 0 heterocycles. The van der Waals surface area contributed by atoms with E-state index >= 15 is 0 Å². The topological polar surface area (TPSA) is 145 Å². The minimum Gasteiger partial charge on any atom is -0.451 e. The lowest BCUT2D eigenvalue weighted by Crippen LogP contribution is -2.45. The number of carbonyl (C=O) groups excluding carboxylic acids is 3. The molecule has 0 unspecified atom stereocenters. The lowest BCUT2D eigenvalue weighted by atomic mass is 10.3. The van der Waals surface area contributed by atoms with Crippen molar-refractivity contribution in [3.63, 3.8) is 0 Å². The number of rotatable bonds is 6. The Morgan fingerprint density at radius 1 is 1.16 bits per heavy atom. The molecule has 0 saturated heterocycles. The molecule has 0 aliphatic carbocycles. The second kappa shape index (κ2) is 8.48. The Balaban J connectivity index is 2.77. The van der Waals surface area contributed by atoms with Gasteiger partial charge in [-0.1, -0.05) is 23.2 Å². The number of carbonyl (C=O) groups is 3. The quantitative estimate of drug-likeness (QED) is 0.589. The average molecular weight is 412 g/mol. The highest BCUT2D eigenvalue weighted by Gasteiger charge is 2.27. The molecule has 0 saturated carbocycles. The fourth-order valence-electron chi connectivity index (χ4n) is 1.55. The van der Waals surface area contributed by atoms with E-state index in [0.717, 1.165) is 6.07 Å². The normalized spacial score (nSPS) is 13.6. The fraction of sp³-hybridized carbons (Fsp3) is 0.308. The van der Waals surface area contributed by atoms with Crippen molar-refractivity contribution in [2.45, 2.75) is 30.9 Å². The van der Waals surface area contributed by atoms with E-state index in [9.17, 15) is 22.8 Å². The van der Waals surface area contributed by atoms with Crippen LogP contribution in [0.4, 0.5) is 4.79 Å². The van der Waals surface area contributed by atoms with Crippen molar-refractivity contribution in [3.8, 4) is 0 Å². The molecule has 1 aromatic carbocycles. The molecule has 3 amide bonds. The number of amides is 3. The van der Waals surface area contributed by atoms with Crippen LogP contribution in [0.3, 0.4) is 0 Å². The van der Waals surface area contributed by atoms with Gasteiger partial charge in [-0.3, -0.25) is 14.9 Å². The van der Waals surface area contributed by atoms with Gasteiger partial charge in [-0.15, -0.1) is 0 Å². The molecule has 25 heavy (non-hydrogen) atoms. The Morgan fingerprint density at radius 2 is 1.76 bits per heavy atom. The van der Waals surface area contributed by atoms with Crippen LogP contribution in [0.1, 0.15) is 13.8 Å². The maximum Gasteiger partial charge on any atom is 0.324 e. The summed E-state index contributed by atoms with van der Waals surface area (Å²) in [5, 5.41) is 1.92. The summed E-state index contributed by atoms with van der Waals surface area (Å²) in [4.78, 5) is 33.7. The van der Waals surface area contributed by atoms with Crippen molar-refractivity contribution in [1.82, 2.24) is 10.0 Å². The Kier molecular flexibility index (Phi) is 7.17. The van der Waals surface area contributed by atoms with Gasteiger partial charge in [0.2, 0.25) is 10.0 Å². The summed E-state index contributed by atoms with van der Waals surface area (Å²) in [5.41, 5.74) is 4.77. The minimum absolute atomic E-state index is 0.0246.